The van der Waals surface area contributed by atoms with E-state index in [1.165, 1.54) is 6.92 Å². The summed E-state index contributed by atoms with van der Waals surface area (Å²) in [7, 11) is 0. The maximum atomic E-state index is 13.7. The van der Waals surface area contributed by atoms with Crippen LogP contribution in [-0.2, 0) is 0 Å². The van der Waals surface area contributed by atoms with E-state index in [4.69, 9.17) is 0 Å². The number of Topliss-reactive ketones (excluding diaryl/α,β-unsaturated/α-hetero) is 1. The molecule has 3 heteroatoms. The molecule has 0 aliphatic carbocycles. The number of hydrogen-bond acceptors (Lipinski definition) is 1. The first-order valence-corrected chi connectivity index (χ1v) is 6.51. The van der Waals surface area contributed by atoms with E-state index >= 15 is 0 Å². The molecule has 0 N–H and O–H groups in total. The van der Waals surface area contributed by atoms with Crippen molar-refractivity contribution in [1.82, 2.24) is 0 Å². The SMILES string of the molecule is CCCC(CCC)C(=O)c1cc(F)c(C)cc1F. The van der Waals surface area contributed by atoms with Gasteiger partial charge in [0.2, 0.25) is 0 Å². The molecule has 1 rings (SSSR count). The van der Waals surface area contributed by atoms with Gasteiger partial charge in [-0.3, -0.25) is 4.79 Å². The van der Waals surface area contributed by atoms with E-state index in [1.54, 1.807) is 0 Å². The van der Waals surface area contributed by atoms with E-state index < -0.39 is 11.6 Å². The summed E-state index contributed by atoms with van der Waals surface area (Å²) in [6, 6.07) is 2.13. The van der Waals surface area contributed by atoms with Gasteiger partial charge >= 0.3 is 0 Å². The fraction of sp³-hybridized carbons (Fsp3) is 0.533. The van der Waals surface area contributed by atoms with E-state index in [1.807, 2.05) is 13.8 Å². The highest BCUT2D eigenvalue weighted by molar-refractivity contribution is 5.98. The van der Waals surface area contributed by atoms with Crippen LogP contribution in [0.2, 0.25) is 0 Å². The lowest BCUT2D eigenvalue weighted by molar-refractivity contribution is 0.0900. The average Bonchev–Trinajstić information content (AvgIpc) is 2.33. The van der Waals surface area contributed by atoms with Crippen molar-refractivity contribution in [2.45, 2.75) is 46.5 Å². The van der Waals surface area contributed by atoms with Crippen molar-refractivity contribution in [2.24, 2.45) is 5.92 Å². The second-order valence-electron chi connectivity index (χ2n) is 4.72. The Hall–Kier alpha value is -1.25. The van der Waals surface area contributed by atoms with Gasteiger partial charge in [-0.15, -0.1) is 0 Å². The maximum Gasteiger partial charge on any atom is 0.168 e. The second-order valence-corrected chi connectivity index (χ2v) is 4.72. The first-order valence-electron chi connectivity index (χ1n) is 6.51. The Bertz CT molecular complexity index is 421. The highest BCUT2D eigenvalue weighted by Gasteiger charge is 2.22. The van der Waals surface area contributed by atoms with Crippen molar-refractivity contribution in [3.05, 3.63) is 34.9 Å². The first kappa shape index (κ1) is 14.8. The largest absolute Gasteiger partial charge is 0.294 e. The molecule has 100 valence electrons. The fourth-order valence-corrected chi connectivity index (χ4v) is 2.16. The summed E-state index contributed by atoms with van der Waals surface area (Å²) >= 11 is 0. The molecule has 18 heavy (non-hydrogen) atoms. The zero-order chi connectivity index (χ0) is 13.7. The van der Waals surface area contributed by atoms with Gasteiger partial charge < -0.3 is 0 Å². The molecule has 0 spiro atoms. The van der Waals surface area contributed by atoms with E-state index in [-0.39, 0.29) is 22.8 Å². The van der Waals surface area contributed by atoms with E-state index in [2.05, 4.69) is 0 Å². The van der Waals surface area contributed by atoms with Gasteiger partial charge in [0.15, 0.2) is 5.78 Å². The van der Waals surface area contributed by atoms with E-state index in [0.29, 0.717) is 0 Å². The maximum absolute atomic E-state index is 13.7. The van der Waals surface area contributed by atoms with Crippen molar-refractivity contribution >= 4 is 5.78 Å². The summed E-state index contributed by atoms with van der Waals surface area (Å²) in [6.45, 7) is 5.46. The molecule has 0 radical (unpaired) electrons. The van der Waals surface area contributed by atoms with Crippen LogP contribution in [0.15, 0.2) is 12.1 Å². The highest BCUT2D eigenvalue weighted by atomic mass is 19.1. The molecule has 0 atom stereocenters. The third-order valence-electron chi connectivity index (χ3n) is 3.16. The Labute approximate surface area is 107 Å². The Morgan fingerprint density at radius 1 is 1.11 bits per heavy atom. The molecule has 0 saturated heterocycles. The van der Waals surface area contributed by atoms with Gasteiger partial charge in [-0.25, -0.2) is 8.78 Å². The summed E-state index contributed by atoms with van der Waals surface area (Å²) in [5, 5.41) is 0. The molecular weight excluding hydrogens is 234 g/mol. The molecule has 0 bridgehead atoms. The molecule has 0 unspecified atom stereocenters. The molecule has 0 amide bonds. The van der Waals surface area contributed by atoms with Crippen LogP contribution < -0.4 is 0 Å². The number of rotatable bonds is 6. The number of carbonyl (C=O) groups is 1. The smallest absolute Gasteiger partial charge is 0.168 e. The van der Waals surface area contributed by atoms with E-state index in [9.17, 15) is 13.6 Å². The summed E-state index contributed by atoms with van der Waals surface area (Å²) in [6.07, 6.45) is 3.18. The normalized spacial score (nSPS) is 11.0. The summed E-state index contributed by atoms with van der Waals surface area (Å²) in [5.41, 5.74) is 0.122. The van der Waals surface area contributed by atoms with Crippen molar-refractivity contribution in [3.63, 3.8) is 0 Å². The zero-order valence-electron chi connectivity index (χ0n) is 11.2. The van der Waals surface area contributed by atoms with Crippen molar-refractivity contribution in [1.29, 1.82) is 0 Å². The number of ketones is 1. The predicted molar refractivity (Wildman–Crippen MR) is 68.7 cm³/mol. The Morgan fingerprint density at radius 3 is 2.17 bits per heavy atom. The highest BCUT2D eigenvalue weighted by Crippen LogP contribution is 2.23. The second kappa shape index (κ2) is 6.62. The zero-order valence-corrected chi connectivity index (χ0v) is 11.2. The van der Waals surface area contributed by atoms with Crippen LogP contribution in [-0.4, -0.2) is 5.78 Å². The summed E-state index contributed by atoms with van der Waals surface area (Å²) < 4.78 is 27.2. The molecule has 0 saturated carbocycles. The van der Waals surface area contributed by atoms with Gasteiger partial charge in [0.05, 0.1) is 5.56 Å². The molecule has 0 aliphatic rings. The monoisotopic (exact) mass is 254 g/mol. The molecule has 0 fully saturated rings. The number of carbonyl (C=O) groups excluding carboxylic acids is 1. The van der Waals surface area contributed by atoms with Crippen LogP contribution in [0, 0.1) is 24.5 Å². The third-order valence-corrected chi connectivity index (χ3v) is 3.16. The number of halogens is 2. The van der Waals surface area contributed by atoms with Gasteiger partial charge in [0.25, 0.3) is 0 Å². The van der Waals surface area contributed by atoms with Crippen LogP contribution in [0.4, 0.5) is 8.78 Å². The van der Waals surface area contributed by atoms with Gasteiger partial charge in [-0.05, 0) is 37.5 Å². The molecule has 0 aromatic heterocycles. The topological polar surface area (TPSA) is 17.1 Å². The van der Waals surface area contributed by atoms with Crippen molar-refractivity contribution < 1.29 is 13.6 Å². The quantitative estimate of drug-likeness (QED) is 0.674. The minimum atomic E-state index is -0.615. The number of benzene rings is 1. The van der Waals surface area contributed by atoms with Crippen molar-refractivity contribution in [3.8, 4) is 0 Å². The molecule has 1 aromatic rings. The summed E-state index contributed by atoms with van der Waals surface area (Å²) in [5.74, 6) is -1.60. The number of aryl methyl sites for hydroxylation is 1. The van der Waals surface area contributed by atoms with Crippen LogP contribution in [0.1, 0.15) is 55.5 Å². The van der Waals surface area contributed by atoms with Crippen LogP contribution in [0.25, 0.3) is 0 Å². The Morgan fingerprint density at radius 2 is 1.67 bits per heavy atom. The van der Waals surface area contributed by atoms with Gasteiger partial charge in [0, 0.05) is 5.92 Å². The van der Waals surface area contributed by atoms with E-state index in [0.717, 1.165) is 37.8 Å². The molecular formula is C15H20F2O. The average molecular weight is 254 g/mol. The van der Waals surface area contributed by atoms with Crippen LogP contribution >= 0.6 is 0 Å². The minimum Gasteiger partial charge on any atom is -0.294 e. The first-order chi connectivity index (χ1) is 8.51. The van der Waals surface area contributed by atoms with Crippen molar-refractivity contribution in [2.75, 3.05) is 0 Å². The fourth-order valence-electron chi connectivity index (χ4n) is 2.16. The Kier molecular flexibility index (Phi) is 5.45. The molecule has 1 aromatic carbocycles. The Balaban J connectivity index is 3.04. The number of hydrogen-bond donors (Lipinski definition) is 0. The molecule has 0 heterocycles. The van der Waals surface area contributed by atoms with Gasteiger partial charge in [-0.1, -0.05) is 26.7 Å². The van der Waals surface area contributed by atoms with Crippen LogP contribution in [0.3, 0.4) is 0 Å². The molecule has 1 nitrogen and oxygen atoms in total. The third kappa shape index (κ3) is 3.37. The molecule has 0 aliphatic heterocycles. The summed E-state index contributed by atoms with van der Waals surface area (Å²) in [4.78, 5) is 12.2. The lowest BCUT2D eigenvalue weighted by Crippen LogP contribution is -2.16. The lowest BCUT2D eigenvalue weighted by atomic mass is 9.89. The minimum absolute atomic E-state index is 0.106. The van der Waals surface area contributed by atoms with Crippen LogP contribution in [0.5, 0.6) is 0 Å². The van der Waals surface area contributed by atoms with Gasteiger partial charge in [0.1, 0.15) is 11.6 Å². The standard InChI is InChI=1S/C15H20F2O/c1-4-6-11(7-5-2)15(18)12-9-13(16)10(3)8-14(12)17/h8-9,11H,4-7H2,1-3H3. The predicted octanol–water partition coefficient (Wildman–Crippen LogP) is 4.67. The van der Waals surface area contributed by atoms with Gasteiger partial charge in [-0.2, -0.15) is 0 Å². The lowest BCUT2D eigenvalue weighted by Gasteiger charge is -2.15.